The second-order valence-electron chi connectivity index (χ2n) is 3.92. The molecule has 0 bridgehead atoms. The highest BCUT2D eigenvalue weighted by Gasteiger charge is 2.10. The molecule has 102 valence electrons. The number of nitrogens with two attached hydrogens (primary N) is 1. The standard InChI is InChI=1S/C13H12N4OS2/c1-8-12(20-13(15)16-8)19-7-11(18)17-10-5-3-2-4-9(10)6-14/h2-5H,7H2,1H3,(H2,15,16)(H,17,18). The van der Waals surface area contributed by atoms with Crippen molar-refractivity contribution in [3.05, 3.63) is 35.5 Å². The average molecular weight is 304 g/mol. The lowest BCUT2D eigenvalue weighted by Crippen LogP contribution is -2.14. The number of rotatable bonds is 4. The van der Waals surface area contributed by atoms with E-state index in [0.29, 0.717) is 16.4 Å². The minimum atomic E-state index is -0.163. The van der Waals surface area contributed by atoms with Gasteiger partial charge in [-0.15, -0.1) is 11.8 Å². The first-order valence-electron chi connectivity index (χ1n) is 5.75. The molecule has 1 heterocycles. The Balaban J connectivity index is 1.96. The SMILES string of the molecule is Cc1nc(N)sc1SCC(=O)Nc1ccccc1C#N. The van der Waals surface area contributed by atoms with Crippen LogP contribution in [0.15, 0.2) is 28.5 Å². The Morgan fingerprint density at radius 3 is 2.95 bits per heavy atom. The topological polar surface area (TPSA) is 91.8 Å². The van der Waals surface area contributed by atoms with Crippen molar-refractivity contribution in [2.75, 3.05) is 16.8 Å². The van der Waals surface area contributed by atoms with Gasteiger partial charge in [-0.3, -0.25) is 4.79 Å². The molecule has 1 aromatic carbocycles. The van der Waals surface area contributed by atoms with Gasteiger partial charge >= 0.3 is 0 Å². The van der Waals surface area contributed by atoms with E-state index in [1.165, 1.54) is 23.1 Å². The zero-order valence-electron chi connectivity index (χ0n) is 10.7. The first-order chi connectivity index (χ1) is 9.60. The van der Waals surface area contributed by atoms with Crippen LogP contribution in [-0.2, 0) is 4.79 Å². The number of para-hydroxylation sites is 1. The fourth-order valence-electron chi connectivity index (χ4n) is 1.54. The number of amides is 1. The number of hydrogen-bond donors (Lipinski definition) is 2. The van der Waals surface area contributed by atoms with Gasteiger partial charge in [0.1, 0.15) is 6.07 Å². The van der Waals surface area contributed by atoms with Gasteiger partial charge in [0.05, 0.1) is 26.9 Å². The fourth-order valence-corrected chi connectivity index (χ4v) is 3.37. The van der Waals surface area contributed by atoms with Crippen LogP contribution in [0.5, 0.6) is 0 Å². The Morgan fingerprint density at radius 2 is 2.30 bits per heavy atom. The largest absolute Gasteiger partial charge is 0.375 e. The van der Waals surface area contributed by atoms with Gasteiger partial charge in [0.15, 0.2) is 5.13 Å². The monoisotopic (exact) mass is 304 g/mol. The van der Waals surface area contributed by atoms with Gasteiger partial charge in [0, 0.05) is 0 Å². The summed E-state index contributed by atoms with van der Waals surface area (Å²) in [7, 11) is 0. The second kappa shape index (κ2) is 6.41. The smallest absolute Gasteiger partial charge is 0.234 e. The highest BCUT2D eigenvalue weighted by molar-refractivity contribution is 8.01. The first kappa shape index (κ1) is 14.4. The van der Waals surface area contributed by atoms with E-state index in [-0.39, 0.29) is 11.7 Å². The summed E-state index contributed by atoms with van der Waals surface area (Å²) in [6.07, 6.45) is 0. The van der Waals surface area contributed by atoms with E-state index in [0.717, 1.165) is 9.90 Å². The van der Waals surface area contributed by atoms with Gasteiger partial charge in [-0.25, -0.2) is 4.98 Å². The minimum absolute atomic E-state index is 0.163. The molecule has 3 N–H and O–H groups in total. The van der Waals surface area contributed by atoms with Crippen molar-refractivity contribution in [1.29, 1.82) is 5.26 Å². The molecule has 2 aromatic rings. The molecule has 0 unspecified atom stereocenters. The zero-order chi connectivity index (χ0) is 14.5. The lowest BCUT2D eigenvalue weighted by Gasteiger charge is -2.06. The maximum Gasteiger partial charge on any atom is 0.234 e. The van der Waals surface area contributed by atoms with E-state index >= 15 is 0 Å². The van der Waals surface area contributed by atoms with Crippen molar-refractivity contribution in [3.63, 3.8) is 0 Å². The van der Waals surface area contributed by atoms with Gasteiger partial charge in [0.25, 0.3) is 0 Å². The third-order valence-corrected chi connectivity index (χ3v) is 4.78. The van der Waals surface area contributed by atoms with Crippen LogP contribution in [0.3, 0.4) is 0 Å². The van der Waals surface area contributed by atoms with Crippen LogP contribution in [0, 0.1) is 18.3 Å². The van der Waals surface area contributed by atoms with Crippen LogP contribution in [0.4, 0.5) is 10.8 Å². The first-order valence-corrected chi connectivity index (χ1v) is 7.55. The highest BCUT2D eigenvalue weighted by atomic mass is 32.2. The Labute approximate surface area is 124 Å². The summed E-state index contributed by atoms with van der Waals surface area (Å²) in [5.41, 5.74) is 7.42. The minimum Gasteiger partial charge on any atom is -0.375 e. The van der Waals surface area contributed by atoms with Crippen molar-refractivity contribution < 1.29 is 4.79 Å². The van der Waals surface area contributed by atoms with Crippen molar-refractivity contribution in [2.45, 2.75) is 11.1 Å². The lowest BCUT2D eigenvalue weighted by molar-refractivity contribution is -0.113. The molecule has 0 aliphatic rings. The maximum absolute atomic E-state index is 11.9. The molecule has 0 saturated heterocycles. The van der Waals surface area contributed by atoms with Crippen LogP contribution in [0.2, 0.25) is 0 Å². The highest BCUT2D eigenvalue weighted by Crippen LogP contribution is 2.30. The van der Waals surface area contributed by atoms with E-state index in [1.54, 1.807) is 24.3 Å². The third kappa shape index (κ3) is 3.50. The third-order valence-electron chi connectivity index (χ3n) is 2.43. The molecular weight excluding hydrogens is 292 g/mol. The van der Waals surface area contributed by atoms with Crippen molar-refractivity contribution in [3.8, 4) is 6.07 Å². The second-order valence-corrected chi connectivity index (χ2v) is 6.19. The fraction of sp³-hybridized carbons (Fsp3) is 0.154. The Morgan fingerprint density at radius 1 is 1.55 bits per heavy atom. The molecule has 0 atom stereocenters. The van der Waals surface area contributed by atoms with Crippen LogP contribution < -0.4 is 11.1 Å². The van der Waals surface area contributed by atoms with Gasteiger partial charge in [-0.1, -0.05) is 23.5 Å². The lowest BCUT2D eigenvalue weighted by atomic mass is 10.2. The van der Waals surface area contributed by atoms with Crippen molar-refractivity contribution >= 4 is 39.8 Å². The number of aryl methyl sites for hydroxylation is 1. The number of nitrogens with zero attached hydrogens (tertiary/aromatic N) is 2. The van der Waals surface area contributed by atoms with Gasteiger partial charge in [-0.2, -0.15) is 5.26 Å². The number of nitriles is 1. The maximum atomic E-state index is 11.9. The Bertz CT molecular complexity index is 675. The van der Waals surface area contributed by atoms with Crippen LogP contribution in [0.25, 0.3) is 0 Å². The molecule has 0 spiro atoms. The molecule has 0 aliphatic heterocycles. The number of hydrogen-bond acceptors (Lipinski definition) is 6. The van der Waals surface area contributed by atoms with Crippen LogP contribution in [0.1, 0.15) is 11.3 Å². The number of thiazole rings is 1. The number of anilines is 2. The number of aromatic nitrogens is 1. The Hall–Kier alpha value is -2.04. The number of thioether (sulfide) groups is 1. The molecule has 2 rings (SSSR count). The number of nitrogen functional groups attached to an aromatic ring is 1. The quantitative estimate of drug-likeness (QED) is 0.847. The van der Waals surface area contributed by atoms with Crippen molar-refractivity contribution in [2.24, 2.45) is 0 Å². The molecule has 1 aromatic heterocycles. The van der Waals surface area contributed by atoms with E-state index in [4.69, 9.17) is 11.0 Å². The molecule has 0 aliphatic carbocycles. The predicted molar refractivity (Wildman–Crippen MR) is 81.8 cm³/mol. The number of carbonyl (C=O) groups excluding carboxylic acids is 1. The summed E-state index contributed by atoms with van der Waals surface area (Å²) in [5.74, 6) is 0.0893. The molecule has 7 heteroatoms. The van der Waals surface area contributed by atoms with Gasteiger partial charge in [0.2, 0.25) is 5.91 Å². The summed E-state index contributed by atoms with van der Waals surface area (Å²) in [4.78, 5) is 16.0. The normalized spacial score (nSPS) is 10.0. The summed E-state index contributed by atoms with van der Waals surface area (Å²) in [6, 6.07) is 8.94. The van der Waals surface area contributed by atoms with Crippen LogP contribution >= 0.6 is 23.1 Å². The molecule has 1 amide bonds. The van der Waals surface area contributed by atoms with Gasteiger partial charge in [-0.05, 0) is 19.1 Å². The predicted octanol–water partition coefficient (Wildman–Crippen LogP) is 2.64. The molecule has 20 heavy (non-hydrogen) atoms. The number of carbonyl (C=O) groups is 1. The van der Waals surface area contributed by atoms with Crippen LogP contribution in [-0.4, -0.2) is 16.6 Å². The number of nitrogens with one attached hydrogen (secondary N) is 1. The van der Waals surface area contributed by atoms with E-state index < -0.39 is 0 Å². The molecule has 0 radical (unpaired) electrons. The van der Waals surface area contributed by atoms with E-state index in [2.05, 4.69) is 10.3 Å². The summed E-state index contributed by atoms with van der Waals surface area (Å²) in [5, 5.41) is 12.2. The van der Waals surface area contributed by atoms with Gasteiger partial charge < -0.3 is 11.1 Å². The van der Waals surface area contributed by atoms with E-state index in [1.807, 2.05) is 13.0 Å². The average Bonchev–Trinajstić information content (AvgIpc) is 2.75. The molecular formula is C13H12N4OS2. The number of benzene rings is 1. The van der Waals surface area contributed by atoms with Crippen molar-refractivity contribution in [1.82, 2.24) is 4.98 Å². The summed E-state index contributed by atoms with van der Waals surface area (Å²) >= 11 is 2.76. The zero-order valence-corrected chi connectivity index (χ0v) is 12.3. The molecule has 0 fully saturated rings. The summed E-state index contributed by atoms with van der Waals surface area (Å²) < 4.78 is 0.936. The van der Waals surface area contributed by atoms with E-state index in [9.17, 15) is 4.79 Å². The molecule has 5 nitrogen and oxygen atoms in total. The Kier molecular flexibility index (Phi) is 4.61. The molecule has 0 saturated carbocycles. The summed E-state index contributed by atoms with van der Waals surface area (Å²) in [6.45, 7) is 1.86.